The van der Waals surface area contributed by atoms with Gasteiger partial charge in [-0.15, -0.1) is 0 Å². The van der Waals surface area contributed by atoms with Crippen LogP contribution < -0.4 is 10.1 Å². The molecule has 1 fully saturated rings. The Hall–Kier alpha value is -2.50. The number of fused-ring (bicyclic) bond motifs is 1. The summed E-state index contributed by atoms with van der Waals surface area (Å²) >= 11 is 0. The number of aromatic nitrogens is 1. The summed E-state index contributed by atoms with van der Waals surface area (Å²) < 4.78 is 5.15. The van der Waals surface area contributed by atoms with Gasteiger partial charge in [-0.25, -0.2) is 4.79 Å². The molecular formula is C16H18N2O4. The number of amides is 1. The zero-order valence-electron chi connectivity index (χ0n) is 12.3. The lowest BCUT2D eigenvalue weighted by Crippen LogP contribution is -2.52. The number of rotatable bonds is 4. The molecule has 3 rings (SSSR count). The van der Waals surface area contributed by atoms with Crippen molar-refractivity contribution in [1.29, 1.82) is 0 Å². The van der Waals surface area contributed by atoms with Crippen LogP contribution in [0.25, 0.3) is 10.9 Å². The molecule has 0 aliphatic heterocycles. The van der Waals surface area contributed by atoms with Crippen molar-refractivity contribution in [2.75, 3.05) is 7.11 Å². The van der Waals surface area contributed by atoms with Crippen molar-refractivity contribution in [1.82, 2.24) is 10.3 Å². The molecule has 22 heavy (non-hydrogen) atoms. The highest BCUT2D eigenvalue weighted by atomic mass is 16.5. The zero-order valence-corrected chi connectivity index (χ0v) is 12.3. The van der Waals surface area contributed by atoms with Gasteiger partial charge in [-0.3, -0.25) is 4.79 Å². The van der Waals surface area contributed by atoms with Crippen LogP contribution in [0.2, 0.25) is 0 Å². The van der Waals surface area contributed by atoms with E-state index in [0.717, 1.165) is 23.7 Å². The standard InChI is InChI=1S/C16H18N2O4/c1-22-11-4-5-12-10(8-11)9-13(17-12)14(19)18-16(15(20)21)6-2-3-7-16/h4-5,8-9,17H,2-3,6-7H2,1H3,(H,18,19)(H,20,21). The third-order valence-corrected chi connectivity index (χ3v) is 4.29. The average molecular weight is 302 g/mol. The van der Waals surface area contributed by atoms with E-state index < -0.39 is 11.5 Å². The van der Waals surface area contributed by atoms with E-state index in [4.69, 9.17) is 4.74 Å². The highest BCUT2D eigenvalue weighted by Crippen LogP contribution is 2.30. The number of hydrogen-bond acceptors (Lipinski definition) is 3. The largest absolute Gasteiger partial charge is 0.497 e. The summed E-state index contributed by atoms with van der Waals surface area (Å²) in [4.78, 5) is 26.9. The van der Waals surface area contributed by atoms with Gasteiger partial charge in [0.2, 0.25) is 0 Å². The van der Waals surface area contributed by atoms with Crippen LogP contribution in [0.1, 0.15) is 36.2 Å². The fourth-order valence-corrected chi connectivity index (χ4v) is 3.02. The number of H-pyrrole nitrogens is 1. The third-order valence-electron chi connectivity index (χ3n) is 4.29. The minimum atomic E-state index is -1.13. The molecule has 2 aromatic rings. The van der Waals surface area contributed by atoms with E-state index in [-0.39, 0.29) is 5.91 Å². The van der Waals surface area contributed by atoms with Crippen molar-refractivity contribution in [2.24, 2.45) is 0 Å². The lowest BCUT2D eigenvalue weighted by Gasteiger charge is -2.24. The molecule has 1 aromatic carbocycles. The van der Waals surface area contributed by atoms with Gasteiger partial charge in [0.05, 0.1) is 7.11 Å². The minimum absolute atomic E-state index is 0.357. The zero-order chi connectivity index (χ0) is 15.7. The smallest absolute Gasteiger partial charge is 0.329 e. The van der Waals surface area contributed by atoms with Crippen LogP contribution in [-0.2, 0) is 4.79 Å². The van der Waals surface area contributed by atoms with Gasteiger partial charge < -0.3 is 20.1 Å². The first-order chi connectivity index (χ1) is 10.5. The monoisotopic (exact) mass is 302 g/mol. The second kappa shape index (κ2) is 5.36. The summed E-state index contributed by atoms with van der Waals surface area (Å²) in [6, 6.07) is 7.16. The number of aromatic amines is 1. The van der Waals surface area contributed by atoms with Crippen molar-refractivity contribution in [3.05, 3.63) is 30.0 Å². The van der Waals surface area contributed by atoms with Gasteiger partial charge >= 0.3 is 5.97 Å². The summed E-state index contributed by atoms with van der Waals surface area (Å²) in [5.74, 6) is -0.646. The van der Waals surface area contributed by atoms with Gasteiger partial charge in [-0.05, 0) is 37.1 Å². The highest BCUT2D eigenvalue weighted by molar-refractivity contribution is 6.00. The van der Waals surface area contributed by atoms with E-state index in [9.17, 15) is 14.7 Å². The first kappa shape index (κ1) is 14.4. The van der Waals surface area contributed by atoms with Crippen LogP contribution in [0.3, 0.4) is 0 Å². The molecule has 1 aliphatic carbocycles. The predicted molar refractivity (Wildman–Crippen MR) is 81.2 cm³/mol. The second-order valence-electron chi connectivity index (χ2n) is 5.68. The van der Waals surface area contributed by atoms with Gasteiger partial charge in [-0.1, -0.05) is 12.8 Å². The Bertz CT molecular complexity index is 729. The molecular weight excluding hydrogens is 284 g/mol. The lowest BCUT2D eigenvalue weighted by atomic mass is 9.97. The SMILES string of the molecule is COc1ccc2[nH]c(C(=O)NC3(C(=O)O)CCCC3)cc2c1. The van der Waals surface area contributed by atoms with Crippen LogP contribution >= 0.6 is 0 Å². The molecule has 1 amide bonds. The summed E-state index contributed by atoms with van der Waals surface area (Å²) in [7, 11) is 1.58. The second-order valence-corrected chi connectivity index (χ2v) is 5.68. The van der Waals surface area contributed by atoms with Gasteiger partial charge in [0.25, 0.3) is 5.91 Å². The summed E-state index contributed by atoms with van der Waals surface area (Å²) in [6.07, 6.45) is 2.58. The Morgan fingerprint density at radius 1 is 1.27 bits per heavy atom. The predicted octanol–water partition coefficient (Wildman–Crippen LogP) is 2.30. The molecule has 0 atom stereocenters. The van der Waals surface area contributed by atoms with Crippen LogP contribution in [0.4, 0.5) is 0 Å². The number of carboxylic acid groups (broad SMARTS) is 1. The first-order valence-corrected chi connectivity index (χ1v) is 7.27. The van der Waals surface area contributed by atoms with Crippen molar-refractivity contribution in [3.8, 4) is 5.75 Å². The number of aliphatic carboxylic acids is 1. The van der Waals surface area contributed by atoms with Crippen molar-refractivity contribution < 1.29 is 19.4 Å². The Kier molecular flexibility index (Phi) is 3.52. The topological polar surface area (TPSA) is 91.4 Å². The minimum Gasteiger partial charge on any atom is -0.497 e. The van der Waals surface area contributed by atoms with Gasteiger partial charge in [0.1, 0.15) is 17.0 Å². The summed E-state index contributed by atoms with van der Waals surface area (Å²) in [6.45, 7) is 0. The number of hydrogen-bond donors (Lipinski definition) is 3. The van der Waals surface area contributed by atoms with Crippen LogP contribution in [0.15, 0.2) is 24.3 Å². The molecule has 0 unspecified atom stereocenters. The maximum atomic E-state index is 12.4. The molecule has 0 radical (unpaired) electrons. The molecule has 1 saturated carbocycles. The molecule has 6 nitrogen and oxygen atoms in total. The van der Waals surface area contributed by atoms with E-state index >= 15 is 0 Å². The Morgan fingerprint density at radius 3 is 2.64 bits per heavy atom. The maximum absolute atomic E-state index is 12.4. The molecule has 0 spiro atoms. The molecule has 116 valence electrons. The number of benzene rings is 1. The number of carbonyl (C=O) groups excluding carboxylic acids is 1. The molecule has 1 aromatic heterocycles. The summed E-state index contributed by atoms with van der Waals surface area (Å²) in [5.41, 5.74) is 0.0315. The van der Waals surface area contributed by atoms with E-state index in [2.05, 4.69) is 10.3 Å². The highest BCUT2D eigenvalue weighted by Gasteiger charge is 2.42. The molecule has 1 heterocycles. The van der Waals surface area contributed by atoms with E-state index in [1.54, 1.807) is 19.2 Å². The quantitative estimate of drug-likeness (QED) is 0.808. The average Bonchev–Trinajstić information content (AvgIpc) is 3.13. The van der Waals surface area contributed by atoms with E-state index in [1.165, 1.54) is 0 Å². The Morgan fingerprint density at radius 2 is 2.00 bits per heavy atom. The summed E-state index contributed by atoms with van der Waals surface area (Å²) in [5, 5.41) is 13.0. The number of ether oxygens (including phenoxy) is 1. The van der Waals surface area contributed by atoms with Crippen LogP contribution in [-0.4, -0.2) is 34.6 Å². The fraction of sp³-hybridized carbons (Fsp3) is 0.375. The molecule has 0 bridgehead atoms. The Balaban J connectivity index is 1.87. The van der Waals surface area contributed by atoms with Crippen molar-refractivity contribution >= 4 is 22.8 Å². The van der Waals surface area contributed by atoms with Crippen molar-refractivity contribution in [3.63, 3.8) is 0 Å². The van der Waals surface area contributed by atoms with Gasteiger partial charge in [0.15, 0.2) is 0 Å². The number of carbonyl (C=O) groups is 2. The van der Waals surface area contributed by atoms with Crippen LogP contribution in [0, 0.1) is 0 Å². The molecule has 1 aliphatic rings. The molecule has 6 heteroatoms. The van der Waals surface area contributed by atoms with E-state index in [1.807, 2.05) is 12.1 Å². The fourth-order valence-electron chi connectivity index (χ4n) is 3.02. The number of methoxy groups -OCH3 is 1. The lowest BCUT2D eigenvalue weighted by molar-refractivity contribution is -0.144. The first-order valence-electron chi connectivity index (χ1n) is 7.27. The van der Waals surface area contributed by atoms with Crippen molar-refractivity contribution in [2.45, 2.75) is 31.2 Å². The third kappa shape index (κ3) is 2.41. The maximum Gasteiger partial charge on any atom is 0.329 e. The normalized spacial score (nSPS) is 16.6. The van der Waals surface area contributed by atoms with Crippen LogP contribution in [0.5, 0.6) is 5.75 Å². The number of nitrogens with one attached hydrogen (secondary N) is 2. The van der Waals surface area contributed by atoms with Gasteiger partial charge in [0, 0.05) is 10.9 Å². The molecule has 3 N–H and O–H groups in total. The van der Waals surface area contributed by atoms with E-state index in [0.29, 0.717) is 24.3 Å². The number of carboxylic acids is 1. The molecule has 0 saturated heterocycles. The van der Waals surface area contributed by atoms with Gasteiger partial charge in [-0.2, -0.15) is 0 Å². The Labute approximate surface area is 127 Å².